The number of rotatable bonds is 4. The third-order valence-electron chi connectivity index (χ3n) is 5.67. The van der Waals surface area contributed by atoms with E-state index in [1.807, 2.05) is 29.3 Å². The first-order valence-electron chi connectivity index (χ1n) is 10.1. The summed E-state index contributed by atoms with van der Waals surface area (Å²) in [5.41, 5.74) is 3.75. The highest BCUT2D eigenvalue weighted by Crippen LogP contribution is 2.38. The molecule has 0 spiro atoms. The van der Waals surface area contributed by atoms with Crippen LogP contribution in [-0.2, 0) is 4.79 Å². The second kappa shape index (κ2) is 8.36. The fourth-order valence-electron chi connectivity index (χ4n) is 4.07. The first kappa shape index (κ1) is 19.0. The lowest BCUT2D eigenvalue weighted by atomic mass is 9.95. The Morgan fingerprint density at radius 1 is 1.07 bits per heavy atom. The maximum atomic E-state index is 12.9. The van der Waals surface area contributed by atoms with Gasteiger partial charge in [0.25, 0.3) is 5.91 Å². The van der Waals surface area contributed by atoms with Crippen LogP contribution in [-0.4, -0.2) is 17.7 Å². The monoisotopic (exact) mass is 395 g/mol. The number of carbonyl (C=O) groups is 1. The Bertz CT molecular complexity index is 872. The topological polar surface area (TPSA) is 44.7 Å². The van der Waals surface area contributed by atoms with Crippen molar-refractivity contribution < 1.29 is 4.79 Å². The van der Waals surface area contributed by atoms with E-state index in [-0.39, 0.29) is 18.0 Å². The molecule has 5 heteroatoms. The second-order valence-corrected chi connectivity index (χ2v) is 8.19. The SMILES string of the molecule is Cc1ccc(C2CC(C(=O)NC3CCCCC3)=NN2c2ccccc2Cl)cc1. The number of halogens is 1. The Morgan fingerprint density at radius 3 is 2.50 bits per heavy atom. The number of anilines is 1. The fraction of sp³-hybridized carbons (Fsp3) is 0.391. The molecular formula is C23H26ClN3O. The average molecular weight is 396 g/mol. The Kier molecular flexibility index (Phi) is 5.67. The minimum absolute atomic E-state index is 0.0346. The van der Waals surface area contributed by atoms with Crippen LogP contribution in [0.1, 0.15) is 55.7 Å². The number of carbonyl (C=O) groups excluding carboxylic acids is 1. The van der Waals surface area contributed by atoms with Gasteiger partial charge in [0.1, 0.15) is 5.71 Å². The van der Waals surface area contributed by atoms with Crippen molar-refractivity contribution in [3.05, 3.63) is 64.7 Å². The van der Waals surface area contributed by atoms with Crippen molar-refractivity contribution in [3.8, 4) is 0 Å². The predicted molar refractivity (Wildman–Crippen MR) is 115 cm³/mol. The minimum Gasteiger partial charge on any atom is -0.348 e. The van der Waals surface area contributed by atoms with Gasteiger partial charge in [0.2, 0.25) is 0 Å². The Morgan fingerprint density at radius 2 is 1.79 bits per heavy atom. The molecule has 0 saturated heterocycles. The van der Waals surface area contributed by atoms with E-state index in [1.165, 1.54) is 24.8 Å². The summed E-state index contributed by atoms with van der Waals surface area (Å²) in [4.78, 5) is 12.9. The van der Waals surface area contributed by atoms with Crippen LogP contribution in [0.15, 0.2) is 53.6 Å². The maximum absolute atomic E-state index is 12.9. The van der Waals surface area contributed by atoms with E-state index in [0.29, 0.717) is 17.2 Å². The molecule has 1 fully saturated rings. The molecule has 28 heavy (non-hydrogen) atoms. The van der Waals surface area contributed by atoms with E-state index >= 15 is 0 Å². The molecule has 1 saturated carbocycles. The molecule has 4 nitrogen and oxygen atoms in total. The van der Waals surface area contributed by atoms with Crippen LogP contribution in [0.5, 0.6) is 0 Å². The van der Waals surface area contributed by atoms with E-state index in [9.17, 15) is 4.79 Å². The zero-order chi connectivity index (χ0) is 19.5. The van der Waals surface area contributed by atoms with Gasteiger partial charge in [0, 0.05) is 12.5 Å². The van der Waals surface area contributed by atoms with Crippen LogP contribution in [0.3, 0.4) is 0 Å². The number of hydrogen-bond acceptors (Lipinski definition) is 3. The van der Waals surface area contributed by atoms with E-state index < -0.39 is 0 Å². The van der Waals surface area contributed by atoms with Gasteiger partial charge in [-0.05, 0) is 37.5 Å². The van der Waals surface area contributed by atoms with Gasteiger partial charge in [-0.25, -0.2) is 0 Å². The molecular weight excluding hydrogens is 370 g/mol. The molecule has 2 aliphatic rings. The molecule has 1 aliphatic carbocycles. The summed E-state index contributed by atoms with van der Waals surface area (Å²) in [6, 6.07) is 16.3. The van der Waals surface area contributed by atoms with E-state index in [2.05, 4.69) is 36.5 Å². The number of hydrazone groups is 1. The van der Waals surface area contributed by atoms with E-state index in [0.717, 1.165) is 24.1 Å². The standard InChI is InChI=1S/C23H26ClN3O/c1-16-11-13-17(14-12-16)22-15-20(23(28)25-18-7-3-2-4-8-18)26-27(22)21-10-6-5-9-19(21)24/h5-6,9-14,18,22H,2-4,7-8,15H2,1H3,(H,25,28). The lowest BCUT2D eigenvalue weighted by molar-refractivity contribution is -0.115. The molecule has 2 aromatic carbocycles. The van der Waals surface area contributed by atoms with Crippen molar-refractivity contribution in [2.45, 2.75) is 57.5 Å². The summed E-state index contributed by atoms with van der Waals surface area (Å²) < 4.78 is 0. The van der Waals surface area contributed by atoms with Crippen molar-refractivity contribution in [1.82, 2.24) is 5.32 Å². The number of amides is 1. The number of nitrogens with one attached hydrogen (secondary N) is 1. The molecule has 4 rings (SSSR count). The van der Waals surface area contributed by atoms with Gasteiger partial charge in [-0.2, -0.15) is 5.10 Å². The molecule has 1 unspecified atom stereocenters. The molecule has 1 N–H and O–H groups in total. The summed E-state index contributed by atoms with van der Waals surface area (Å²) in [5, 5.41) is 10.5. The number of hydrogen-bond donors (Lipinski definition) is 1. The average Bonchev–Trinajstić information content (AvgIpc) is 3.15. The minimum atomic E-state index is -0.0430. The normalized spacial score (nSPS) is 20.1. The first-order chi connectivity index (χ1) is 13.6. The van der Waals surface area contributed by atoms with Gasteiger partial charge in [0.05, 0.1) is 16.8 Å². The first-order valence-corrected chi connectivity index (χ1v) is 10.5. The zero-order valence-electron chi connectivity index (χ0n) is 16.2. The van der Waals surface area contributed by atoms with Crippen LogP contribution in [0, 0.1) is 6.92 Å². The summed E-state index contributed by atoms with van der Waals surface area (Å²) in [6.07, 6.45) is 6.35. The second-order valence-electron chi connectivity index (χ2n) is 7.78. The number of benzene rings is 2. The highest BCUT2D eigenvalue weighted by Gasteiger charge is 2.34. The number of nitrogens with zero attached hydrogens (tertiary/aromatic N) is 2. The van der Waals surface area contributed by atoms with Crippen LogP contribution in [0.4, 0.5) is 5.69 Å². The van der Waals surface area contributed by atoms with Crippen molar-refractivity contribution in [1.29, 1.82) is 0 Å². The van der Waals surface area contributed by atoms with E-state index in [1.54, 1.807) is 0 Å². The summed E-state index contributed by atoms with van der Waals surface area (Å²) >= 11 is 6.45. The molecule has 146 valence electrons. The maximum Gasteiger partial charge on any atom is 0.267 e. The van der Waals surface area contributed by atoms with Gasteiger partial charge in [-0.1, -0.05) is 72.8 Å². The number of para-hydroxylation sites is 1. The van der Waals surface area contributed by atoms with Crippen molar-refractivity contribution >= 4 is 28.9 Å². The number of aryl methyl sites for hydroxylation is 1. The van der Waals surface area contributed by atoms with Gasteiger partial charge >= 0.3 is 0 Å². The predicted octanol–water partition coefficient (Wildman–Crippen LogP) is 5.40. The lowest BCUT2D eigenvalue weighted by Gasteiger charge is -2.24. The van der Waals surface area contributed by atoms with Crippen molar-refractivity contribution in [2.24, 2.45) is 5.10 Å². The Hall–Kier alpha value is -2.33. The largest absolute Gasteiger partial charge is 0.348 e. The molecule has 1 amide bonds. The molecule has 1 atom stereocenters. The third kappa shape index (κ3) is 4.07. The molecule has 1 heterocycles. The van der Waals surface area contributed by atoms with Crippen LogP contribution in [0.25, 0.3) is 0 Å². The van der Waals surface area contributed by atoms with E-state index in [4.69, 9.17) is 16.7 Å². The zero-order valence-corrected chi connectivity index (χ0v) is 17.0. The Balaban J connectivity index is 1.61. The lowest BCUT2D eigenvalue weighted by Crippen LogP contribution is -2.39. The van der Waals surface area contributed by atoms with Crippen LogP contribution < -0.4 is 10.3 Å². The highest BCUT2D eigenvalue weighted by atomic mass is 35.5. The quantitative estimate of drug-likeness (QED) is 0.752. The molecule has 0 bridgehead atoms. The summed E-state index contributed by atoms with van der Waals surface area (Å²) in [5.74, 6) is -0.0430. The highest BCUT2D eigenvalue weighted by molar-refractivity contribution is 6.40. The third-order valence-corrected chi connectivity index (χ3v) is 5.99. The molecule has 0 radical (unpaired) electrons. The van der Waals surface area contributed by atoms with Gasteiger partial charge < -0.3 is 5.32 Å². The molecule has 2 aromatic rings. The van der Waals surface area contributed by atoms with Crippen LogP contribution in [0.2, 0.25) is 5.02 Å². The summed E-state index contributed by atoms with van der Waals surface area (Å²) in [7, 11) is 0. The smallest absolute Gasteiger partial charge is 0.267 e. The van der Waals surface area contributed by atoms with Crippen LogP contribution >= 0.6 is 11.6 Å². The molecule has 0 aromatic heterocycles. The fourth-order valence-corrected chi connectivity index (χ4v) is 4.29. The molecule has 1 aliphatic heterocycles. The van der Waals surface area contributed by atoms with Crippen molar-refractivity contribution in [2.75, 3.05) is 5.01 Å². The van der Waals surface area contributed by atoms with Gasteiger partial charge in [-0.15, -0.1) is 0 Å². The Labute approximate surface area is 171 Å². The van der Waals surface area contributed by atoms with Gasteiger partial charge in [0.15, 0.2) is 0 Å². The van der Waals surface area contributed by atoms with Crippen molar-refractivity contribution in [3.63, 3.8) is 0 Å². The van der Waals surface area contributed by atoms with Gasteiger partial charge in [-0.3, -0.25) is 9.80 Å². The summed E-state index contributed by atoms with van der Waals surface area (Å²) in [6.45, 7) is 2.07.